The summed E-state index contributed by atoms with van der Waals surface area (Å²) < 4.78 is 5.12. The first kappa shape index (κ1) is 15.2. The number of anilines is 1. The van der Waals surface area contributed by atoms with Crippen LogP contribution in [0.2, 0.25) is 0 Å². The Hall–Kier alpha value is -1.84. The van der Waals surface area contributed by atoms with Gasteiger partial charge < -0.3 is 10.1 Å². The minimum Gasteiger partial charge on any atom is -0.462 e. The molecule has 0 aliphatic rings. The lowest BCUT2D eigenvalue weighted by Gasteiger charge is -2.09. The number of carbonyl (C=O) groups excluding carboxylic acids is 2. The lowest BCUT2D eigenvalue weighted by molar-refractivity contribution is -0.118. The van der Waals surface area contributed by atoms with Gasteiger partial charge in [-0.2, -0.15) is 0 Å². The molecule has 104 valence electrons. The van der Waals surface area contributed by atoms with E-state index in [0.29, 0.717) is 17.9 Å². The predicted octanol–water partition coefficient (Wildman–Crippen LogP) is 3.24. The van der Waals surface area contributed by atoms with Crippen molar-refractivity contribution in [2.24, 2.45) is 5.92 Å². The largest absolute Gasteiger partial charge is 0.462 e. The first-order valence-corrected chi connectivity index (χ1v) is 6.62. The molecule has 0 atom stereocenters. The minimum atomic E-state index is -0.353. The molecule has 0 unspecified atom stereocenters. The number of hydrogen-bond donors (Lipinski definition) is 1. The van der Waals surface area contributed by atoms with Gasteiger partial charge in [-0.25, -0.2) is 4.79 Å². The van der Waals surface area contributed by atoms with Crippen LogP contribution in [-0.4, -0.2) is 18.5 Å². The van der Waals surface area contributed by atoms with Gasteiger partial charge in [0.15, 0.2) is 0 Å². The van der Waals surface area contributed by atoms with Crippen molar-refractivity contribution in [2.45, 2.75) is 33.6 Å². The average molecular weight is 263 g/mol. The fraction of sp³-hybridized carbons (Fsp3) is 0.467. The maximum Gasteiger partial charge on any atom is 0.338 e. The number of unbranched alkanes of at least 4 members (excludes halogenated alkanes) is 1. The van der Waals surface area contributed by atoms with Crippen molar-refractivity contribution >= 4 is 17.6 Å². The van der Waals surface area contributed by atoms with Crippen molar-refractivity contribution < 1.29 is 14.3 Å². The van der Waals surface area contributed by atoms with Gasteiger partial charge in [-0.1, -0.05) is 33.3 Å². The number of benzene rings is 1. The molecule has 1 rings (SSSR count). The van der Waals surface area contributed by atoms with Gasteiger partial charge in [0.25, 0.3) is 0 Å². The highest BCUT2D eigenvalue weighted by Crippen LogP contribution is 2.13. The third-order valence-electron chi connectivity index (χ3n) is 2.62. The second-order valence-corrected chi connectivity index (χ2v) is 4.71. The van der Waals surface area contributed by atoms with Crippen LogP contribution >= 0.6 is 0 Å². The van der Waals surface area contributed by atoms with E-state index < -0.39 is 0 Å². The Morgan fingerprint density at radius 3 is 2.68 bits per heavy atom. The Morgan fingerprint density at radius 2 is 2.05 bits per heavy atom. The van der Waals surface area contributed by atoms with Crippen molar-refractivity contribution in [1.29, 1.82) is 0 Å². The highest BCUT2D eigenvalue weighted by molar-refractivity contribution is 5.95. The van der Waals surface area contributed by atoms with Gasteiger partial charge in [0.1, 0.15) is 0 Å². The van der Waals surface area contributed by atoms with Crippen LogP contribution in [0, 0.1) is 5.92 Å². The maximum atomic E-state index is 11.8. The summed E-state index contributed by atoms with van der Waals surface area (Å²) in [6.45, 7) is 6.10. The zero-order valence-corrected chi connectivity index (χ0v) is 11.7. The first-order valence-electron chi connectivity index (χ1n) is 6.62. The SMILES string of the molecule is CCCCOC(=O)c1cccc(NC(=O)C(C)C)c1. The lowest BCUT2D eigenvalue weighted by atomic mass is 10.1. The highest BCUT2D eigenvalue weighted by atomic mass is 16.5. The molecule has 1 amide bonds. The van der Waals surface area contributed by atoms with E-state index >= 15 is 0 Å². The second kappa shape index (κ2) is 7.56. The summed E-state index contributed by atoms with van der Waals surface area (Å²) in [4.78, 5) is 23.3. The van der Waals surface area contributed by atoms with E-state index in [9.17, 15) is 9.59 Å². The lowest BCUT2D eigenvalue weighted by Crippen LogP contribution is -2.18. The Morgan fingerprint density at radius 1 is 1.32 bits per heavy atom. The Bertz CT molecular complexity index is 441. The Balaban J connectivity index is 2.66. The molecule has 0 radical (unpaired) electrons. The normalized spacial score (nSPS) is 10.3. The fourth-order valence-electron chi connectivity index (χ4n) is 1.40. The predicted molar refractivity (Wildman–Crippen MR) is 75.1 cm³/mol. The van der Waals surface area contributed by atoms with Crippen molar-refractivity contribution in [3.63, 3.8) is 0 Å². The Kier molecular flexibility index (Phi) is 6.06. The molecule has 0 saturated heterocycles. The van der Waals surface area contributed by atoms with E-state index in [4.69, 9.17) is 4.74 Å². The summed E-state index contributed by atoms with van der Waals surface area (Å²) in [5, 5.41) is 2.76. The van der Waals surface area contributed by atoms with Gasteiger partial charge >= 0.3 is 5.97 Å². The summed E-state index contributed by atoms with van der Waals surface area (Å²) in [5.41, 5.74) is 1.07. The standard InChI is InChI=1S/C15H21NO3/c1-4-5-9-19-15(18)12-7-6-8-13(10-12)16-14(17)11(2)3/h6-8,10-11H,4-5,9H2,1-3H3,(H,16,17). The van der Waals surface area contributed by atoms with Crippen LogP contribution in [0.15, 0.2) is 24.3 Å². The minimum absolute atomic E-state index is 0.0727. The number of carbonyl (C=O) groups is 2. The van der Waals surface area contributed by atoms with Gasteiger partial charge in [-0.05, 0) is 24.6 Å². The number of hydrogen-bond acceptors (Lipinski definition) is 3. The van der Waals surface area contributed by atoms with E-state index in [2.05, 4.69) is 5.32 Å². The molecule has 4 heteroatoms. The third-order valence-corrected chi connectivity index (χ3v) is 2.62. The molecule has 0 fully saturated rings. The molecule has 0 aromatic heterocycles. The average Bonchev–Trinajstić information content (AvgIpc) is 2.39. The smallest absolute Gasteiger partial charge is 0.338 e. The van der Waals surface area contributed by atoms with Crippen LogP contribution in [0.1, 0.15) is 44.0 Å². The van der Waals surface area contributed by atoms with E-state index in [1.807, 2.05) is 20.8 Å². The van der Waals surface area contributed by atoms with E-state index in [1.165, 1.54) is 0 Å². The number of nitrogens with one attached hydrogen (secondary N) is 1. The summed E-state index contributed by atoms with van der Waals surface area (Å²) in [5.74, 6) is -0.522. The van der Waals surface area contributed by atoms with E-state index in [1.54, 1.807) is 24.3 Å². The Labute approximate surface area is 114 Å². The molecule has 1 N–H and O–H groups in total. The van der Waals surface area contributed by atoms with Gasteiger partial charge in [0.05, 0.1) is 12.2 Å². The molecule has 1 aromatic carbocycles. The topological polar surface area (TPSA) is 55.4 Å². The molecular weight excluding hydrogens is 242 g/mol. The van der Waals surface area contributed by atoms with Crippen molar-refractivity contribution in [1.82, 2.24) is 0 Å². The van der Waals surface area contributed by atoms with Crippen LogP contribution < -0.4 is 5.32 Å². The molecule has 4 nitrogen and oxygen atoms in total. The molecule has 0 aliphatic heterocycles. The monoisotopic (exact) mass is 263 g/mol. The van der Waals surface area contributed by atoms with Gasteiger partial charge in [0.2, 0.25) is 5.91 Å². The van der Waals surface area contributed by atoms with Gasteiger partial charge in [-0.15, -0.1) is 0 Å². The number of rotatable bonds is 6. The van der Waals surface area contributed by atoms with Crippen LogP contribution in [0.25, 0.3) is 0 Å². The quantitative estimate of drug-likeness (QED) is 0.633. The van der Waals surface area contributed by atoms with E-state index in [-0.39, 0.29) is 17.8 Å². The summed E-state index contributed by atoms with van der Waals surface area (Å²) in [6, 6.07) is 6.79. The fourth-order valence-corrected chi connectivity index (χ4v) is 1.40. The molecule has 0 aliphatic carbocycles. The first-order chi connectivity index (χ1) is 9.04. The number of esters is 1. The summed E-state index contributed by atoms with van der Waals surface area (Å²) in [6.07, 6.45) is 1.84. The summed E-state index contributed by atoms with van der Waals surface area (Å²) in [7, 11) is 0. The van der Waals surface area contributed by atoms with Crippen molar-refractivity contribution in [3.8, 4) is 0 Å². The molecular formula is C15H21NO3. The van der Waals surface area contributed by atoms with Crippen LogP contribution in [0.3, 0.4) is 0 Å². The van der Waals surface area contributed by atoms with Gasteiger partial charge in [0, 0.05) is 11.6 Å². The van der Waals surface area contributed by atoms with Crippen LogP contribution in [0.5, 0.6) is 0 Å². The van der Waals surface area contributed by atoms with Crippen molar-refractivity contribution in [3.05, 3.63) is 29.8 Å². The van der Waals surface area contributed by atoms with E-state index in [0.717, 1.165) is 12.8 Å². The molecule has 19 heavy (non-hydrogen) atoms. The zero-order chi connectivity index (χ0) is 14.3. The van der Waals surface area contributed by atoms with Crippen molar-refractivity contribution in [2.75, 3.05) is 11.9 Å². The molecule has 0 spiro atoms. The second-order valence-electron chi connectivity index (χ2n) is 4.71. The molecule has 0 saturated carbocycles. The van der Waals surface area contributed by atoms with Crippen LogP contribution in [-0.2, 0) is 9.53 Å². The van der Waals surface area contributed by atoms with Crippen LogP contribution in [0.4, 0.5) is 5.69 Å². The molecule has 0 bridgehead atoms. The number of ether oxygens (including phenoxy) is 1. The van der Waals surface area contributed by atoms with Gasteiger partial charge in [-0.3, -0.25) is 4.79 Å². The zero-order valence-electron chi connectivity index (χ0n) is 11.7. The summed E-state index contributed by atoms with van der Waals surface area (Å²) >= 11 is 0. The maximum absolute atomic E-state index is 11.8. The number of amides is 1. The third kappa shape index (κ3) is 5.12. The molecule has 0 heterocycles. The molecule has 1 aromatic rings. The highest BCUT2D eigenvalue weighted by Gasteiger charge is 2.10.